The van der Waals surface area contributed by atoms with Crippen molar-refractivity contribution >= 4 is 6.08 Å². The number of rotatable bonds is 4. The standard InChI is InChI=1S/C13H16/c1-3-4-5-6-7-13-10-8-12(2)9-11-13/h3,6-11H,1,4-5H2,2H3/b7-6+. The molecule has 0 fully saturated rings. The number of hydrogen-bond donors (Lipinski definition) is 0. The fraction of sp³-hybridized carbons (Fsp3) is 0.231. The van der Waals surface area contributed by atoms with Crippen LogP contribution in [0.15, 0.2) is 43.0 Å². The van der Waals surface area contributed by atoms with Crippen LogP contribution >= 0.6 is 0 Å². The summed E-state index contributed by atoms with van der Waals surface area (Å²) in [6.45, 7) is 5.79. The van der Waals surface area contributed by atoms with Gasteiger partial charge in [-0.3, -0.25) is 0 Å². The Balaban J connectivity index is 2.49. The van der Waals surface area contributed by atoms with Crippen molar-refractivity contribution in [2.75, 3.05) is 0 Å². The molecule has 0 aromatic heterocycles. The summed E-state index contributed by atoms with van der Waals surface area (Å²) in [5, 5.41) is 0. The lowest BCUT2D eigenvalue weighted by Gasteiger charge is -1.94. The fourth-order valence-electron chi connectivity index (χ4n) is 1.11. The molecule has 0 saturated heterocycles. The number of hydrogen-bond acceptors (Lipinski definition) is 0. The van der Waals surface area contributed by atoms with Gasteiger partial charge >= 0.3 is 0 Å². The molecule has 13 heavy (non-hydrogen) atoms. The highest BCUT2D eigenvalue weighted by atomic mass is 13.9. The van der Waals surface area contributed by atoms with Crippen LogP contribution in [0.1, 0.15) is 24.0 Å². The Labute approximate surface area is 80.6 Å². The lowest BCUT2D eigenvalue weighted by atomic mass is 10.1. The Morgan fingerprint density at radius 3 is 2.46 bits per heavy atom. The van der Waals surface area contributed by atoms with E-state index in [2.05, 4.69) is 49.9 Å². The summed E-state index contributed by atoms with van der Waals surface area (Å²) < 4.78 is 0. The van der Waals surface area contributed by atoms with Crippen LogP contribution in [-0.2, 0) is 0 Å². The third kappa shape index (κ3) is 3.75. The van der Waals surface area contributed by atoms with Crippen LogP contribution in [0.2, 0.25) is 0 Å². The zero-order chi connectivity index (χ0) is 9.52. The lowest BCUT2D eigenvalue weighted by Crippen LogP contribution is -1.73. The highest BCUT2D eigenvalue weighted by Crippen LogP contribution is 2.05. The summed E-state index contributed by atoms with van der Waals surface area (Å²) in [6, 6.07) is 8.54. The van der Waals surface area contributed by atoms with Crippen molar-refractivity contribution in [3.63, 3.8) is 0 Å². The van der Waals surface area contributed by atoms with Gasteiger partial charge in [0.1, 0.15) is 0 Å². The van der Waals surface area contributed by atoms with Gasteiger partial charge in [0, 0.05) is 0 Å². The third-order valence-corrected chi connectivity index (χ3v) is 1.93. The van der Waals surface area contributed by atoms with E-state index in [0.717, 1.165) is 12.8 Å². The Bertz CT molecular complexity index is 277. The third-order valence-electron chi connectivity index (χ3n) is 1.93. The summed E-state index contributed by atoms with van der Waals surface area (Å²) in [5.74, 6) is 0. The zero-order valence-corrected chi connectivity index (χ0v) is 8.16. The molecule has 0 saturated carbocycles. The summed E-state index contributed by atoms with van der Waals surface area (Å²) in [6.07, 6.45) is 8.43. The first kappa shape index (κ1) is 9.79. The highest BCUT2D eigenvalue weighted by molar-refractivity contribution is 5.49. The van der Waals surface area contributed by atoms with E-state index in [1.807, 2.05) is 6.08 Å². The molecule has 0 aliphatic heterocycles. The topological polar surface area (TPSA) is 0 Å². The Morgan fingerprint density at radius 1 is 1.15 bits per heavy atom. The van der Waals surface area contributed by atoms with Gasteiger partial charge in [-0.25, -0.2) is 0 Å². The van der Waals surface area contributed by atoms with Crippen LogP contribution < -0.4 is 0 Å². The van der Waals surface area contributed by atoms with Gasteiger partial charge in [0.2, 0.25) is 0 Å². The van der Waals surface area contributed by atoms with E-state index in [4.69, 9.17) is 0 Å². The van der Waals surface area contributed by atoms with E-state index >= 15 is 0 Å². The summed E-state index contributed by atoms with van der Waals surface area (Å²) in [7, 11) is 0. The van der Waals surface area contributed by atoms with Gasteiger partial charge in [0.25, 0.3) is 0 Å². The average molecular weight is 172 g/mol. The summed E-state index contributed by atoms with van der Waals surface area (Å²) >= 11 is 0. The molecule has 0 spiro atoms. The molecule has 0 atom stereocenters. The van der Waals surface area contributed by atoms with E-state index in [1.54, 1.807) is 0 Å². The molecule has 68 valence electrons. The number of allylic oxidation sites excluding steroid dienone is 2. The normalized spacial score (nSPS) is 10.5. The van der Waals surface area contributed by atoms with E-state index in [0.29, 0.717) is 0 Å². The monoisotopic (exact) mass is 172 g/mol. The predicted molar refractivity (Wildman–Crippen MR) is 59.6 cm³/mol. The van der Waals surface area contributed by atoms with E-state index < -0.39 is 0 Å². The Morgan fingerprint density at radius 2 is 1.85 bits per heavy atom. The molecule has 0 heterocycles. The average Bonchev–Trinajstić information content (AvgIpc) is 2.15. The van der Waals surface area contributed by atoms with Crippen molar-refractivity contribution < 1.29 is 0 Å². The molecule has 1 aromatic rings. The lowest BCUT2D eigenvalue weighted by molar-refractivity contribution is 1.06. The zero-order valence-electron chi connectivity index (χ0n) is 8.16. The van der Waals surface area contributed by atoms with Crippen LogP contribution in [0.4, 0.5) is 0 Å². The van der Waals surface area contributed by atoms with E-state index in [9.17, 15) is 0 Å². The molecule has 0 aliphatic carbocycles. The maximum Gasteiger partial charge on any atom is -0.0260 e. The van der Waals surface area contributed by atoms with Gasteiger partial charge in [0.15, 0.2) is 0 Å². The fourth-order valence-corrected chi connectivity index (χ4v) is 1.11. The number of benzene rings is 1. The van der Waals surface area contributed by atoms with Crippen LogP contribution in [0.25, 0.3) is 6.08 Å². The van der Waals surface area contributed by atoms with Gasteiger partial charge in [-0.15, -0.1) is 6.58 Å². The van der Waals surface area contributed by atoms with Crippen molar-refractivity contribution in [1.82, 2.24) is 0 Å². The molecule has 1 aromatic carbocycles. The van der Waals surface area contributed by atoms with Crippen LogP contribution in [0.5, 0.6) is 0 Å². The highest BCUT2D eigenvalue weighted by Gasteiger charge is 1.85. The SMILES string of the molecule is C=CCC/C=C/c1ccc(C)cc1. The van der Waals surface area contributed by atoms with E-state index in [1.165, 1.54) is 11.1 Å². The number of unbranched alkanes of at least 4 members (excludes halogenated alkanes) is 1. The second kappa shape index (κ2) is 5.36. The molecular weight excluding hydrogens is 156 g/mol. The number of aryl methyl sites for hydroxylation is 1. The minimum atomic E-state index is 1.06. The molecule has 0 unspecified atom stereocenters. The maximum absolute atomic E-state index is 3.68. The summed E-state index contributed by atoms with van der Waals surface area (Å²) in [5.41, 5.74) is 2.58. The quantitative estimate of drug-likeness (QED) is 0.476. The van der Waals surface area contributed by atoms with Crippen LogP contribution in [0.3, 0.4) is 0 Å². The first-order valence-corrected chi connectivity index (χ1v) is 4.67. The molecule has 0 aliphatic rings. The Hall–Kier alpha value is -1.30. The molecule has 1 rings (SSSR count). The van der Waals surface area contributed by atoms with Crippen LogP contribution in [-0.4, -0.2) is 0 Å². The van der Waals surface area contributed by atoms with E-state index in [-0.39, 0.29) is 0 Å². The maximum atomic E-state index is 3.68. The molecule has 0 nitrogen and oxygen atoms in total. The van der Waals surface area contributed by atoms with Gasteiger partial charge in [-0.05, 0) is 25.3 Å². The minimum absolute atomic E-state index is 1.06. The summed E-state index contributed by atoms with van der Waals surface area (Å²) in [4.78, 5) is 0. The minimum Gasteiger partial charge on any atom is -0.103 e. The van der Waals surface area contributed by atoms with Crippen molar-refractivity contribution in [3.05, 3.63) is 54.1 Å². The Kier molecular flexibility index (Phi) is 4.04. The van der Waals surface area contributed by atoms with Crippen molar-refractivity contribution in [3.8, 4) is 0 Å². The predicted octanol–water partition coefficient (Wildman–Crippen LogP) is 3.97. The first-order valence-electron chi connectivity index (χ1n) is 4.67. The molecule has 0 radical (unpaired) electrons. The van der Waals surface area contributed by atoms with Crippen molar-refractivity contribution in [1.29, 1.82) is 0 Å². The second-order valence-corrected chi connectivity index (χ2v) is 3.18. The van der Waals surface area contributed by atoms with Gasteiger partial charge < -0.3 is 0 Å². The van der Waals surface area contributed by atoms with Gasteiger partial charge in [-0.1, -0.05) is 48.1 Å². The van der Waals surface area contributed by atoms with Crippen molar-refractivity contribution in [2.45, 2.75) is 19.8 Å². The molecule has 0 heteroatoms. The molecule has 0 N–H and O–H groups in total. The van der Waals surface area contributed by atoms with Gasteiger partial charge in [0.05, 0.1) is 0 Å². The molecule has 0 amide bonds. The first-order chi connectivity index (χ1) is 6.33. The van der Waals surface area contributed by atoms with Crippen LogP contribution in [0, 0.1) is 6.92 Å². The second-order valence-electron chi connectivity index (χ2n) is 3.18. The largest absolute Gasteiger partial charge is 0.103 e. The smallest absolute Gasteiger partial charge is 0.0260 e. The molecule has 0 bridgehead atoms. The molecular formula is C13H16. The van der Waals surface area contributed by atoms with Crippen molar-refractivity contribution in [2.24, 2.45) is 0 Å². The van der Waals surface area contributed by atoms with Gasteiger partial charge in [-0.2, -0.15) is 0 Å².